The summed E-state index contributed by atoms with van der Waals surface area (Å²) in [4.78, 5) is 0. The van der Waals surface area contributed by atoms with E-state index >= 15 is 0 Å². The van der Waals surface area contributed by atoms with Crippen molar-refractivity contribution in [3.8, 4) is 5.75 Å². The summed E-state index contributed by atoms with van der Waals surface area (Å²) in [6, 6.07) is 5.97. The lowest BCUT2D eigenvalue weighted by Crippen LogP contribution is -2.29. The van der Waals surface area contributed by atoms with Gasteiger partial charge in [-0.1, -0.05) is 17.7 Å². The summed E-state index contributed by atoms with van der Waals surface area (Å²) in [7, 11) is 1.67. The zero-order chi connectivity index (χ0) is 12.1. The van der Waals surface area contributed by atoms with Gasteiger partial charge in [0.15, 0.2) is 0 Å². The van der Waals surface area contributed by atoms with Crippen LogP contribution in [0, 0.1) is 5.92 Å². The third-order valence-electron chi connectivity index (χ3n) is 3.48. The van der Waals surface area contributed by atoms with Gasteiger partial charge in [-0.2, -0.15) is 0 Å². The maximum atomic E-state index is 6.23. The summed E-state index contributed by atoms with van der Waals surface area (Å²) in [5.74, 6) is 1.64. The number of halogens is 1. The lowest BCUT2D eigenvalue weighted by molar-refractivity contribution is 0.358. The van der Waals surface area contributed by atoms with E-state index in [1.54, 1.807) is 7.11 Å². The SMILES string of the molecule is COc1ccc(CCC2CCCNC2)c(Cl)c1. The van der Waals surface area contributed by atoms with Crippen LogP contribution in [0.4, 0.5) is 0 Å². The minimum atomic E-state index is 0.807. The Kier molecular flexibility index (Phi) is 4.69. The number of hydrogen-bond donors (Lipinski definition) is 1. The van der Waals surface area contributed by atoms with Gasteiger partial charge in [0.1, 0.15) is 5.75 Å². The van der Waals surface area contributed by atoms with E-state index in [1.165, 1.54) is 31.4 Å². The highest BCUT2D eigenvalue weighted by molar-refractivity contribution is 6.31. The smallest absolute Gasteiger partial charge is 0.120 e. The number of ether oxygens (including phenoxy) is 1. The van der Waals surface area contributed by atoms with Crippen LogP contribution in [0.1, 0.15) is 24.8 Å². The maximum Gasteiger partial charge on any atom is 0.120 e. The zero-order valence-electron chi connectivity index (χ0n) is 10.3. The molecule has 94 valence electrons. The second kappa shape index (κ2) is 6.27. The molecule has 0 spiro atoms. The average molecular weight is 254 g/mol. The van der Waals surface area contributed by atoms with Gasteiger partial charge < -0.3 is 10.1 Å². The van der Waals surface area contributed by atoms with Gasteiger partial charge in [-0.25, -0.2) is 0 Å². The summed E-state index contributed by atoms with van der Waals surface area (Å²) in [5, 5.41) is 4.28. The number of nitrogens with one attached hydrogen (secondary N) is 1. The lowest BCUT2D eigenvalue weighted by Gasteiger charge is -2.22. The Bertz CT molecular complexity index is 361. The fourth-order valence-electron chi connectivity index (χ4n) is 2.39. The predicted octanol–water partition coefficient (Wildman–Crippen LogP) is 3.28. The number of aryl methyl sites for hydroxylation is 1. The molecule has 1 heterocycles. The molecule has 0 amide bonds. The molecule has 1 saturated heterocycles. The molecule has 0 aliphatic carbocycles. The van der Waals surface area contributed by atoms with E-state index < -0.39 is 0 Å². The molecule has 0 saturated carbocycles. The van der Waals surface area contributed by atoms with Crippen molar-refractivity contribution in [1.29, 1.82) is 0 Å². The van der Waals surface area contributed by atoms with Crippen molar-refractivity contribution in [3.63, 3.8) is 0 Å². The summed E-state index contributed by atoms with van der Waals surface area (Å²) in [6.07, 6.45) is 4.94. The molecule has 0 radical (unpaired) electrons. The van der Waals surface area contributed by atoms with Gasteiger partial charge in [0, 0.05) is 5.02 Å². The molecular weight excluding hydrogens is 234 g/mol. The normalized spacial score (nSPS) is 20.2. The second-order valence-corrected chi connectivity index (χ2v) is 5.12. The Labute approximate surface area is 108 Å². The Morgan fingerprint density at radius 3 is 3.00 bits per heavy atom. The molecule has 2 rings (SSSR count). The van der Waals surface area contributed by atoms with Gasteiger partial charge in [-0.15, -0.1) is 0 Å². The average Bonchev–Trinajstić information content (AvgIpc) is 2.38. The van der Waals surface area contributed by atoms with Crippen molar-refractivity contribution in [2.45, 2.75) is 25.7 Å². The molecule has 17 heavy (non-hydrogen) atoms. The standard InChI is InChI=1S/C14H20ClNO/c1-17-13-7-6-12(14(15)9-13)5-4-11-3-2-8-16-10-11/h6-7,9,11,16H,2-5,8,10H2,1H3. The van der Waals surface area contributed by atoms with Crippen LogP contribution in [0.3, 0.4) is 0 Å². The molecule has 1 aromatic carbocycles. The van der Waals surface area contributed by atoms with Crippen LogP contribution in [-0.4, -0.2) is 20.2 Å². The molecule has 0 bridgehead atoms. The van der Waals surface area contributed by atoms with Crippen LogP contribution in [0.5, 0.6) is 5.75 Å². The molecule has 1 aliphatic heterocycles. The minimum Gasteiger partial charge on any atom is -0.497 e. The van der Waals surface area contributed by atoms with Crippen molar-refractivity contribution >= 4 is 11.6 Å². The molecule has 1 aromatic rings. The molecule has 1 N–H and O–H groups in total. The van der Waals surface area contributed by atoms with Gasteiger partial charge in [0.25, 0.3) is 0 Å². The predicted molar refractivity (Wildman–Crippen MR) is 71.9 cm³/mol. The Balaban J connectivity index is 1.89. The summed E-state index contributed by atoms with van der Waals surface area (Å²) in [6.45, 7) is 2.34. The summed E-state index contributed by atoms with van der Waals surface area (Å²) < 4.78 is 5.15. The highest BCUT2D eigenvalue weighted by atomic mass is 35.5. The molecule has 1 fully saturated rings. The minimum absolute atomic E-state index is 0.807. The topological polar surface area (TPSA) is 21.3 Å². The first-order chi connectivity index (χ1) is 8.29. The largest absolute Gasteiger partial charge is 0.497 e. The summed E-state index contributed by atoms with van der Waals surface area (Å²) >= 11 is 6.23. The van der Waals surface area contributed by atoms with Crippen LogP contribution < -0.4 is 10.1 Å². The zero-order valence-corrected chi connectivity index (χ0v) is 11.1. The van der Waals surface area contributed by atoms with Crippen LogP contribution in [-0.2, 0) is 6.42 Å². The second-order valence-electron chi connectivity index (χ2n) is 4.71. The lowest BCUT2D eigenvalue weighted by atomic mass is 9.93. The number of methoxy groups -OCH3 is 1. The van der Waals surface area contributed by atoms with E-state index in [1.807, 2.05) is 12.1 Å². The van der Waals surface area contributed by atoms with E-state index in [4.69, 9.17) is 16.3 Å². The fraction of sp³-hybridized carbons (Fsp3) is 0.571. The van der Waals surface area contributed by atoms with Crippen molar-refractivity contribution in [2.24, 2.45) is 5.92 Å². The molecule has 1 unspecified atom stereocenters. The van der Waals surface area contributed by atoms with Gasteiger partial charge in [-0.3, -0.25) is 0 Å². The number of hydrogen-bond acceptors (Lipinski definition) is 2. The van der Waals surface area contributed by atoms with Gasteiger partial charge >= 0.3 is 0 Å². The summed E-state index contributed by atoms with van der Waals surface area (Å²) in [5.41, 5.74) is 1.23. The van der Waals surface area contributed by atoms with Crippen molar-refractivity contribution in [3.05, 3.63) is 28.8 Å². The third-order valence-corrected chi connectivity index (χ3v) is 3.83. The molecule has 0 aromatic heterocycles. The van der Waals surface area contributed by atoms with E-state index in [0.717, 1.165) is 29.7 Å². The van der Waals surface area contributed by atoms with Crippen LogP contribution in [0.25, 0.3) is 0 Å². The van der Waals surface area contributed by atoms with E-state index in [9.17, 15) is 0 Å². The van der Waals surface area contributed by atoms with Crippen LogP contribution in [0.15, 0.2) is 18.2 Å². The van der Waals surface area contributed by atoms with E-state index in [2.05, 4.69) is 11.4 Å². The molecule has 3 heteroatoms. The first-order valence-corrected chi connectivity index (χ1v) is 6.70. The monoisotopic (exact) mass is 253 g/mol. The Morgan fingerprint density at radius 2 is 2.35 bits per heavy atom. The van der Waals surface area contributed by atoms with Crippen LogP contribution in [0.2, 0.25) is 5.02 Å². The number of benzene rings is 1. The van der Waals surface area contributed by atoms with Gasteiger partial charge in [0.05, 0.1) is 7.11 Å². The van der Waals surface area contributed by atoms with Crippen molar-refractivity contribution < 1.29 is 4.74 Å². The van der Waals surface area contributed by atoms with Crippen molar-refractivity contribution in [1.82, 2.24) is 5.32 Å². The highest BCUT2D eigenvalue weighted by Gasteiger charge is 2.13. The molecule has 2 nitrogen and oxygen atoms in total. The first kappa shape index (κ1) is 12.7. The van der Waals surface area contributed by atoms with Crippen LogP contribution >= 0.6 is 11.6 Å². The Hall–Kier alpha value is -0.730. The van der Waals surface area contributed by atoms with Gasteiger partial charge in [-0.05, 0) is 62.4 Å². The van der Waals surface area contributed by atoms with Crippen molar-refractivity contribution in [2.75, 3.05) is 20.2 Å². The highest BCUT2D eigenvalue weighted by Crippen LogP contribution is 2.25. The third kappa shape index (κ3) is 3.62. The first-order valence-electron chi connectivity index (χ1n) is 6.32. The van der Waals surface area contributed by atoms with E-state index in [-0.39, 0.29) is 0 Å². The molecule has 1 aliphatic rings. The Morgan fingerprint density at radius 1 is 1.47 bits per heavy atom. The quantitative estimate of drug-likeness (QED) is 0.889. The molecular formula is C14H20ClNO. The fourth-order valence-corrected chi connectivity index (χ4v) is 2.65. The number of rotatable bonds is 4. The number of piperidine rings is 1. The molecule has 1 atom stereocenters. The van der Waals surface area contributed by atoms with E-state index in [0.29, 0.717) is 0 Å². The van der Waals surface area contributed by atoms with Gasteiger partial charge in [0.2, 0.25) is 0 Å². The maximum absolute atomic E-state index is 6.23.